The van der Waals surface area contributed by atoms with Crippen molar-refractivity contribution in [1.29, 1.82) is 0 Å². The number of benzene rings is 1. The molecule has 0 bridgehead atoms. The van der Waals surface area contributed by atoms with Gasteiger partial charge < -0.3 is 0 Å². The van der Waals surface area contributed by atoms with Crippen LogP contribution in [0.5, 0.6) is 0 Å². The largest absolute Gasteiger partial charge is 0.295 e. The minimum atomic E-state index is -3.43. The molecule has 1 aromatic carbocycles. The van der Waals surface area contributed by atoms with Crippen LogP contribution in [0.2, 0.25) is 0 Å². The summed E-state index contributed by atoms with van der Waals surface area (Å²) in [6, 6.07) is 8.31. The standard InChI is InChI=1S/C9H13BrN2O2S/c1-11(2)8-12(10)15(13,14)9-6-4-3-5-7-9/h3-7H,8H2,1-2H3. The van der Waals surface area contributed by atoms with Gasteiger partial charge in [0.2, 0.25) is 0 Å². The lowest BCUT2D eigenvalue weighted by molar-refractivity contribution is 0.350. The summed E-state index contributed by atoms with van der Waals surface area (Å²) in [6.07, 6.45) is 0. The molecule has 0 atom stereocenters. The molecule has 0 aliphatic heterocycles. The predicted molar refractivity (Wildman–Crippen MR) is 62.9 cm³/mol. The zero-order valence-electron chi connectivity index (χ0n) is 8.59. The molecular formula is C9H13BrN2O2S. The fourth-order valence-corrected chi connectivity index (χ4v) is 3.07. The molecular weight excluding hydrogens is 280 g/mol. The van der Waals surface area contributed by atoms with Gasteiger partial charge >= 0.3 is 0 Å². The van der Waals surface area contributed by atoms with Crippen molar-refractivity contribution in [3.05, 3.63) is 30.3 Å². The number of sulfonamides is 1. The van der Waals surface area contributed by atoms with Crippen LogP contribution in [0.15, 0.2) is 35.2 Å². The predicted octanol–water partition coefficient (Wildman–Crippen LogP) is 1.51. The molecule has 0 saturated carbocycles. The molecule has 0 aliphatic carbocycles. The second kappa shape index (κ2) is 5.07. The van der Waals surface area contributed by atoms with Crippen molar-refractivity contribution in [2.24, 2.45) is 0 Å². The van der Waals surface area contributed by atoms with E-state index in [2.05, 4.69) is 16.1 Å². The smallest absolute Gasteiger partial charge is 0.253 e. The highest BCUT2D eigenvalue weighted by Gasteiger charge is 2.22. The average molecular weight is 293 g/mol. The van der Waals surface area contributed by atoms with Crippen molar-refractivity contribution in [2.45, 2.75) is 4.90 Å². The monoisotopic (exact) mass is 292 g/mol. The molecule has 1 aromatic rings. The average Bonchev–Trinajstić information content (AvgIpc) is 2.18. The summed E-state index contributed by atoms with van der Waals surface area (Å²) in [5, 5.41) is 0. The van der Waals surface area contributed by atoms with Gasteiger partial charge in [-0.25, -0.2) is 8.42 Å². The maximum atomic E-state index is 11.9. The molecule has 0 spiro atoms. The van der Waals surface area contributed by atoms with E-state index < -0.39 is 10.0 Å². The molecule has 1 rings (SSSR count). The van der Waals surface area contributed by atoms with E-state index >= 15 is 0 Å². The molecule has 0 amide bonds. The Labute approximate surface area is 98.9 Å². The van der Waals surface area contributed by atoms with E-state index in [9.17, 15) is 8.42 Å². The minimum absolute atomic E-state index is 0.281. The Bertz CT molecular complexity index is 405. The number of halogens is 1. The third-order valence-electron chi connectivity index (χ3n) is 1.70. The lowest BCUT2D eigenvalue weighted by Crippen LogP contribution is -2.31. The first-order valence-corrected chi connectivity index (χ1v) is 6.48. The Balaban J connectivity index is 2.94. The van der Waals surface area contributed by atoms with Gasteiger partial charge in [-0.15, -0.1) is 3.33 Å². The SMILES string of the molecule is CN(C)CN(Br)S(=O)(=O)c1ccccc1. The zero-order valence-corrected chi connectivity index (χ0v) is 11.0. The molecule has 4 nitrogen and oxygen atoms in total. The van der Waals surface area contributed by atoms with Crippen LogP contribution in [-0.2, 0) is 10.0 Å². The molecule has 0 radical (unpaired) electrons. The summed E-state index contributed by atoms with van der Waals surface area (Å²) < 4.78 is 25.0. The first-order chi connectivity index (χ1) is 6.94. The van der Waals surface area contributed by atoms with Crippen LogP contribution >= 0.6 is 16.1 Å². The van der Waals surface area contributed by atoms with Gasteiger partial charge in [0.1, 0.15) is 0 Å². The van der Waals surface area contributed by atoms with Crippen LogP contribution in [0, 0.1) is 0 Å². The Hall–Kier alpha value is -0.430. The van der Waals surface area contributed by atoms with Crippen LogP contribution in [0.1, 0.15) is 0 Å². The van der Waals surface area contributed by atoms with Gasteiger partial charge in [0, 0.05) is 16.1 Å². The molecule has 0 unspecified atom stereocenters. The van der Waals surface area contributed by atoms with Crippen LogP contribution in [0.4, 0.5) is 0 Å². The van der Waals surface area contributed by atoms with E-state index in [0.717, 1.165) is 3.33 Å². The molecule has 0 heterocycles. The van der Waals surface area contributed by atoms with Gasteiger partial charge in [-0.05, 0) is 26.2 Å². The maximum Gasteiger partial charge on any atom is 0.253 e. The fourth-order valence-electron chi connectivity index (χ4n) is 1.01. The summed E-state index contributed by atoms with van der Waals surface area (Å²) in [4.78, 5) is 2.04. The second-order valence-electron chi connectivity index (χ2n) is 3.33. The van der Waals surface area contributed by atoms with Crippen molar-refractivity contribution in [1.82, 2.24) is 8.23 Å². The van der Waals surface area contributed by atoms with Gasteiger partial charge in [0.25, 0.3) is 10.0 Å². The van der Waals surface area contributed by atoms with Gasteiger partial charge in [-0.1, -0.05) is 18.2 Å². The summed E-state index contributed by atoms with van der Waals surface area (Å²) in [5.41, 5.74) is 0. The van der Waals surface area contributed by atoms with Crippen LogP contribution in [-0.4, -0.2) is 37.4 Å². The molecule has 15 heavy (non-hydrogen) atoms. The molecule has 6 heteroatoms. The topological polar surface area (TPSA) is 40.6 Å². The number of hydrogen-bond acceptors (Lipinski definition) is 3. The highest BCUT2D eigenvalue weighted by Crippen LogP contribution is 2.18. The Morgan fingerprint density at radius 1 is 1.20 bits per heavy atom. The molecule has 0 aliphatic rings. The van der Waals surface area contributed by atoms with Crippen LogP contribution in [0.3, 0.4) is 0 Å². The molecule has 0 fully saturated rings. The van der Waals surface area contributed by atoms with Crippen molar-refractivity contribution in [3.8, 4) is 0 Å². The summed E-state index contributed by atoms with van der Waals surface area (Å²) >= 11 is 3.04. The molecule has 84 valence electrons. The highest BCUT2D eigenvalue weighted by molar-refractivity contribution is 9.08. The number of rotatable bonds is 4. The Morgan fingerprint density at radius 3 is 2.20 bits per heavy atom. The third kappa shape index (κ3) is 3.27. The van der Waals surface area contributed by atoms with Crippen molar-refractivity contribution < 1.29 is 8.42 Å². The fraction of sp³-hybridized carbons (Fsp3) is 0.333. The summed E-state index contributed by atoms with van der Waals surface area (Å²) in [6.45, 7) is 0.289. The summed E-state index contributed by atoms with van der Waals surface area (Å²) in [5.74, 6) is 0. The number of hydrogen-bond donors (Lipinski definition) is 0. The normalized spacial score (nSPS) is 12.3. The van der Waals surface area contributed by atoms with E-state index in [1.807, 2.05) is 0 Å². The Kier molecular flexibility index (Phi) is 4.27. The maximum absolute atomic E-state index is 11.9. The lowest BCUT2D eigenvalue weighted by atomic mass is 10.4. The minimum Gasteiger partial charge on any atom is -0.295 e. The van der Waals surface area contributed by atoms with Gasteiger partial charge in [0.15, 0.2) is 0 Å². The lowest BCUT2D eigenvalue weighted by Gasteiger charge is -2.18. The van der Waals surface area contributed by atoms with Gasteiger partial charge in [-0.3, -0.25) is 4.90 Å². The second-order valence-corrected chi connectivity index (χ2v) is 6.51. The van der Waals surface area contributed by atoms with Crippen molar-refractivity contribution in [2.75, 3.05) is 20.8 Å². The van der Waals surface area contributed by atoms with Gasteiger partial charge in [-0.2, -0.15) is 0 Å². The van der Waals surface area contributed by atoms with E-state index in [-0.39, 0.29) is 11.6 Å². The first kappa shape index (κ1) is 12.6. The van der Waals surface area contributed by atoms with E-state index in [1.165, 1.54) is 0 Å². The third-order valence-corrected chi connectivity index (χ3v) is 4.57. The van der Waals surface area contributed by atoms with Crippen LogP contribution in [0.25, 0.3) is 0 Å². The Morgan fingerprint density at radius 2 is 1.73 bits per heavy atom. The quantitative estimate of drug-likeness (QED) is 0.624. The van der Waals surface area contributed by atoms with E-state index in [1.54, 1.807) is 49.3 Å². The van der Waals surface area contributed by atoms with Crippen molar-refractivity contribution in [3.63, 3.8) is 0 Å². The van der Waals surface area contributed by atoms with E-state index in [4.69, 9.17) is 0 Å². The first-order valence-electron chi connectivity index (χ1n) is 4.33. The summed E-state index contributed by atoms with van der Waals surface area (Å²) in [7, 11) is 0.175. The highest BCUT2D eigenvalue weighted by atomic mass is 79.9. The van der Waals surface area contributed by atoms with Crippen LogP contribution < -0.4 is 0 Å². The zero-order chi connectivity index (χ0) is 11.5. The van der Waals surface area contributed by atoms with Gasteiger partial charge in [0.05, 0.1) is 11.6 Å². The van der Waals surface area contributed by atoms with E-state index in [0.29, 0.717) is 0 Å². The number of nitrogens with zero attached hydrogens (tertiary/aromatic N) is 2. The molecule has 0 N–H and O–H groups in total. The van der Waals surface area contributed by atoms with Crippen molar-refractivity contribution >= 4 is 26.2 Å². The molecule has 0 aromatic heterocycles. The molecule has 0 saturated heterocycles.